The van der Waals surface area contributed by atoms with Crippen LogP contribution < -0.4 is 16.4 Å². The number of hydrogen-bond acceptors (Lipinski definition) is 7. The lowest BCUT2D eigenvalue weighted by Gasteiger charge is -2.25. The summed E-state index contributed by atoms with van der Waals surface area (Å²) in [5.41, 5.74) is 6.12. The van der Waals surface area contributed by atoms with E-state index in [-0.39, 0.29) is 33.5 Å². The van der Waals surface area contributed by atoms with Crippen LogP contribution in [0.15, 0.2) is 29.2 Å². The van der Waals surface area contributed by atoms with Crippen molar-refractivity contribution in [1.82, 2.24) is 14.5 Å². The predicted octanol–water partition coefficient (Wildman–Crippen LogP) is 3.30. The van der Waals surface area contributed by atoms with Crippen LogP contribution in [-0.2, 0) is 27.8 Å². The second-order valence-corrected chi connectivity index (χ2v) is 12.3. The van der Waals surface area contributed by atoms with Crippen molar-refractivity contribution < 1.29 is 27.6 Å². The van der Waals surface area contributed by atoms with Crippen molar-refractivity contribution in [3.63, 3.8) is 0 Å². The molecule has 0 saturated carbocycles. The highest BCUT2D eigenvalue weighted by Crippen LogP contribution is 2.37. The van der Waals surface area contributed by atoms with Crippen molar-refractivity contribution in [3.8, 4) is 0 Å². The number of benzene rings is 1. The predicted molar refractivity (Wildman–Crippen MR) is 149 cm³/mol. The molecule has 0 atom stereocenters. The third-order valence-electron chi connectivity index (χ3n) is 6.47. The molecule has 1 aromatic heterocycles. The van der Waals surface area contributed by atoms with Crippen LogP contribution in [0.1, 0.15) is 77.6 Å². The molecule has 1 aliphatic heterocycles. The number of carbonyl (C=O) groups excluding carboxylic acids is 4. The van der Waals surface area contributed by atoms with Crippen LogP contribution in [0.2, 0.25) is 0 Å². The van der Waals surface area contributed by atoms with Gasteiger partial charge in [-0.1, -0.05) is 26.7 Å². The Morgan fingerprint density at radius 2 is 1.64 bits per heavy atom. The van der Waals surface area contributed by atoms with Crippen molar-refractivity contribution >= 4 is 50.1 Å². The van der Waals surface area contributed by atoms with Crippen molar-refractivity contribution in [2.75, 3.05) is 25.0 Å². The van der Waals surface area contributed by atoms with Gasteiger partial charge in [-0.25, -0.2) is 13.2 Å². The van der Waals surface area contributed by atoms with Gasteiger partial charge in [0.05, 0.1) is 17.0 Å². The van der Waals surface area contributed by atoms with E-state index in [1.54, 1.807) is 4.90 Å². The Labute approximate surface area is 232 Å². The van der Waals surface area contributed by atoms with Crippen molar-refractivity contribution in [2.24, 2.45) is 5.73 Å². The molecule has 1 aliphatic rings. The van der Waals surface area contributed by atoms with Crippen LogP contribution in [0.4, 0.5) is 9.80 Å². The Kier molecular flexibility index (Phi) is 10.2. The first-order valence-electron chi connectivity index (χ1n) is 12.9. The summed E-state index contributed by atoms with van der Waals surface area (Å²) < 4.78 is 27.9. The van der Waals surface area contributed by atoms with E-state index < -0.39 is 27.9 Å². The van der Waals surface area contributed by atoms with Crippen LogP contribution in [0.3, 0.4) is 0 Å². The van der Waals surface area contributed by atoms with E-state index in [4.69, 9.17) is 5.73 Å². The standard InChI is InChI=1S/C26H35N5O6S2/c1-4-6-13-31(14-7-5-2)39(36,37)19-10-8-18(9-11-19)23(33)28-25-22(24(34)29-26(27)35)20-12-15-30(17(3)32)16-21(20)38-25/h8-11H,4-7,12-16H2,1-3H3,(H,28,33)(H3,27,29,34,35). The highest BCUT2D eigenvalue weighted by molar-refractivity contribution is 7.89. The number of fused-ring (bicyclic) bond motifs is 1. The Hall–Kier alpha value is -3.29. The maximum atomic E-state index is 13.2. The molecule has 11 nitrogen and oxygen atoms in total. The first-order valence-corrected chi connectivity index (χ1v) is 15.2. The Balaban J connectivity index is 1.86. The summed E-state index contributed by atoms with van der Waals surface area (Å²) in [4.78, 5) is 51.6. The van der Waals surface area contributed by atoms with Gasteiger partial charge in [-0.3, -0.25) is 19.7 Å². The summed E-state index contributed by atoms with van der Waals surface area (Å²) in [6.45, 7) is 7.00. The van der Waals surface area contributed by atoms with Crippen LogP contribution in [0.5, 0.6) is 0 Å². The van der Waals surface area contributed by atoms with E-state index in [2.05, 4.69) is 5.32 Å². The molecule has 5 amide bonds. The van der Waals surface area contributed by atoms with Gasteiger partial charge >= 0.3 is 6.03 Å². The molecule has 0 unspecified atom stereocenters. The van der Waals surface area contributed by atoms with Crippen LogP contribution in [0, 0.1) is 0 Å². The largest absolute Gasteiger partial charge is 0.351 e. The van der Waals surface area contributed by atoms with Crippen molar-refractivity contribution in [3.05, 3.63) is 45.8 Å². The van der Waals surface area contributed by atoms with Crippen molar-refractivity contribution in [1.29, 1.82) is 0 Å². The van der Waals surface area contributed by atoms with Gasteiger partial charge in [-0.2, -0.15) is 4.31 Å². The topological polar surface area (TPSA) is 159 Å². The minimum atomic E-state index is -3.72. The number of rotatable bonds is 11. The zero-order valence-electron chi connectivity index (χ0n) is 22.4. The molecule has 2 aromatic rings. The van der Waals surface area contributed by atoms with E-state index in [9.17, 15) is 27.6 Å². The first kappa shape index (κ1) is 30.3. The Morgan fingerprint density at radius 3 is 2.18 bits per heavy atom. The van der Waals surface area contributed by atoms with Crippen LogP contribution >= 0.6 is 11.3 Å². The molecule has 0 radical (unpaired) electrons. The van der Waals surface area contributed by atoms with E-state index in [1.165, 1.54) is 35.5 Å². The van der Waals surface area contributed by atoms with Gasteiger partial charge in [-0.15, -0.1) is 11.3 Å². The number of sulfonamides is 1. The maximum absolute atomic E-state index is 13.2. The van der Waals surface area contributed by atoms with Gasteiger partial charge in [0.1, 0.15) is 5.00 Å². The Morgan fingerprint density at radius 1 is 1.03 bits per heavy atom. The lowest BCUT2D eigenvalue weighted by molar-refractivity contribution is -0.129. The number of anilines is 1. The first-order chi connectivity index (χ1) is 18.5. The number of nitrogens with one attached hydrogen (secondary N) is 2. The average Bonchev–Trinajstić information content (AvgIpc) is 3.25. The molecule has 3 rings (SSSR count). The highest BCUT2D eigenvalue weighted by Gasteiger charge is 2.30. The highest BCUT2D eigenvalue weighted by atomic mass is 32.2. The van der Waals surface area contributed by atoms with Gasteiger partial charge in [-0.05, 0) is 49.1 Å². The maximum Gasteiger partial charge on any atom is 0.319 e. The SMILES string of the molecule is CCCCN(CCCC)S(=O)(=O)c1ccc(C(=O)Nc2sc3c(c2C(=O)NC(N)=O)CCN(C(C)=O)C3)cc1. The zero-order valence-corrected chi connectivity index (χ0v) is 24.0. The average molecular weight is 578 g/mol. The molecule has 2 heterocycles. The second-order valence-electron chi connectivity index (χ2n) is 9.31. The number of imide groups is 1. The summed E-state index contributed by atoms with van der Waals surface area (Å²) in [6, 6.07) is 4.63. The van der Waals surface area contributed by atoms with Crippen molar-refractivity contribution in [2.45, 2.75) is 64.3 Å². The lowest BCUT2D eigenvalue weighted by atomic mass is 10.0. The zero-order chi connectivity index (χ0) is 28.7. The number of carbonyl (C=O) groups is 4. The van der Waals surface area contributed by atoms with Crippen LogP contribution in [0.25, 0.3) is 0 Å². The van der Waals surface area contributed by atoms with E-state index in [0.717, 1.165) is 41.9 Å². The molecular weight excluding hydrogens is 542 g/mol. The number of hydrogen-bond donors (Lipinski definition) is 3. The summed E-state index contributed by atoms with van der Waals surface area (Å²) in [5.74, 6) is -1.41. The fourth-order valence-electron chi connectivity index (χ4n) is 4.30. The number of unbranched alkanes of at least 4 members (excludes halogenated alkanes) is 2. The summed E-state index contributed by atoms with van der Waals surface area (Å²) in [5, 5.41) is 4.99. The molecule has 0 aliphatic carbocycles. The van der Waals surface area contributed by atoms with E-state index in [0.29, 0.717) is 31.6 Å². The lowest BCUT2D eigenvalue weighted by Crippen LogP contribution is -2.37. The van der Waals surface area contributed by atoms with Gasteiger partial charge < -0.3 is 16.0 Å². The third kappa shape index (κ3) is 7.22. The number of thiophene rings is 1. The van der Waals surface area contributed by atoms with Gasteiger partial charge in [0.25, 0.3) is 11.8 Å². The van der Waals surface area contributed by atoms with Crippen LogP contribution in [-0.4, -0.2) is 61.0 Å². The Bertz CT molecular complexity index is 1330. The molecule has 1 aromatic carbocycles. The smallest absolute Gasteiger partial charge is 0.319 e. The van der Waals surface area contributed by atoms with Gasteiger partial charge in [0.2, 0.25) is 15.9 Å². The third-order valence-corrected chi connectivity index (χ3v) is 9.51. The molecule has 39 heavy (non-hydrogen) atoms. The minimum absolute atomic E-state index is 0.101. The number of nitrogens with two attached hydrogens (primary N) is 1. The summed E-state index contributed by atoms with van der Waals surface area (Å²) in [6.07, 6.45) is 3.63. The molecule has 212 valence electrons. The monoisotopic (exact) mass is 577 g/mol. The van der Waals surface area contributed by atoms with E-state index in [1.807, 2.05) is 19.2 Å². The molecule has 13 heteroatoms. The van der Waals surface area contributed by atoms with Gasteiger partial charge in [0.15, 0.2) is 0 Å². The number of amides is 5. The summed E-state index contributed by atoms with van der Waals surface area (Å²) in [7, 11) is -3.72. The molecule has 0 fully saturated rings. The molecule has 0 saturated heterocycles. The molecule has 0 spiro atoms. The summed E-state index contributed by atoms with van der Waals surface area (Å²) >= 11 is 1.15. The molecule has 4 N–H and O–H groups in total. The quantitative estimate of drug-likeness (QED) is 0.372. The number of nitrogens with zero attached hydrogens (tertiary/aromatic N) is 2. The normalized spacial score (nSPS) is 13.2. The number of urea groups is 1. The molecular formula is C26H35N5O6S2. The molecule has 0 bridgehead atoms. The fourth-order valence-corrected chi connectivity index (χ4v) is 7.07. The minimum Gasteiger partial charge on any atom is -0.351 e. The van der Waals surface area contributed by atoms with Gasteiger partial charge in [0, 0.05) is 37.0 Å². The van der Waals surface area contributed by atoms with E-state index >= 15 is 0 Å². The fraction of sp³-hybridized carbons (Fsp3) is 0.462. The second kappa shape index (κ2) is 13.2. The number of primary amides is 1.